The molecule has 2 saturated heterocycles. The lowest BCUT2D eigenvalue weighted by atomic mass is 9.99. The average Bonchev–Trinajstić information content (AvgIpc) is 2.46. The molecule has 0 spiro atoms. The molecular weight excluding hydrogens is 345 g/mol. The molecule has 0 N–H and O–H groups in total. The number of hydrogen-bond acceptors (Lipinski definition) is 2. The van der Waals surface area contributed by atoms with Crippen LogP contribution in [0.4, 0.5) is 18.9 Å². The van der Waals surface area contributed by atoms with Gasteiger partial charge in [0, 0.05) is 35.8 Å². The molecule has 0 saturated carbocycles. The normalized spacial score (nSPS) is 24.0. The summed E-state index contributed by atoms with van der Waals surface area (Å²) in [6.07, 6.45) is -0.698. The molecule has 3 rings (SSSR count). The number of rotatable bonds is 1. The van der Waals surface area contributed by atoms with Crippen molar-refractivity contribution in [3.8, 4) is 0 Å². The molecule has 1 aromatic rings. The van der Waals surface area contributed by atoms with Crippen LogP contribution in [0.2, 0.25) is 0 Å². The second-order valence-corrected chi connectivity index (χ2v) is 6.65. The molecule has 1 atom stereocenters. The Morgan fingerprint density at radius 3 is 2.67 bits per heavy atom. The summed E-state index contributed by atoms with van der Waals surface area (Å²) < 4.78 is 39.1. The van der Waals surface area contributed by atoms with Crippen molar-refractivity contribution in [3.63, 3.8) is 0 Å². The van der Waals surface area contributed by atoms with E-state index < -0.39 is 11.7 Å². The molecule has 0 radical (unpaired) electrons. The third kappa shape index (κ3) is 3.21. The number of piperidine rings is 1. The largest absolute Gasteiger partial charge is 0.417 e. The lowest BCUT2D eigenvalue weighted by Crippen LogP contribution is -2.54. The van der Waals surface area contributed by atoms with Crippen molar-refractivity contribution in [2.45, 2.75) is 31.5 Å². The second-order valence-electron chi connectivity index (χ2n) is 5.79. The van der Waals surface area contributed by atoms with Crippen LogP contribution in [0.3, 0.4) is 0 Å². The van der Waals surface area contributed by atoms with Gasteiger partial charge < -0.3 is 4.90 Å². The number of halogens is 4. The van der Waals surface area contributed by atoms with E-state index in [0.29, 0.717) is 11.7 Å². The van der Waals surface area contributed by atoms with Gasteiger partial charge >= 0.3 is 6.18 Å². The Kier molecular flexibility index (Phi) is 4.19. The highest BCUT2D eigenvalue weighted by molar-refractivity contribution is 9.10. The summed E-state index contributed by atoms with van der Waals surface area (Å²) in [5, 5.41) is 0. The molecule has 0 aromatic heterocycles. The van der Waals surface area contributed by atoms with E-state index in [1.807, 2.05) is 0 Å². The molecule has 2 aliphatic rings. The highest BCUT2D eigenvalue weighted by Crippen LogP contribution is 2.37. The molecular formula is C15H18BrF3N2. The van der Waals surface area contributed by atoms with Gasteiger partial charge in [0.2, 0.25) is 0 Å². The van der Waals surface area contributed by atoms with Gasteiger partial charge in [-0.15, -0.1) is 0 Å². The van der Waals surface area contributed by atoms with Crippen LogP contribution in [0.15, 0.2) is 22.7 Å². The standard InChI is InChI=1S/C15H18BrF3N2/c16-14-5-4-11(9-13(14)15(17,18)19)21-8-7-20-6-2-1-3-12(20)10-21/h4-5,9,12H,1-3,6-8,10H2. The summed E-state index contributed by atoms with van der Waals surface area (Å²) in [7, 11) is 0. The van der Waals surface area contributed by atoms with E-state index in [2.05, 4.69) is 25.7 Å². The summed E-state index contributed by atoms with van der Waals surface area (Å²) in [4.78, 5) is 4.57. The molecule has 116 valence electrons. The molecule has 2 nitrogen and oxygen atoms in total. The summed E-state index contributed by atoms with van der Waals surface area (Å²) in [6.45, 7) is 3.71. The SMILES string of the molecule is FC(F)(F)c1cc(N2CCN3CCCCC3C2)ccc1Br. The molecule has 21 heavy (non-hydrogen) atoms. The zero-order valence-electron chi connectivity index (χ0n) is 11.7. The minimum absolute atomic E-state index is 0.107. The molecule has 0 bridgehead atoms. The Morgan fingerprint density at radius 1 is 1.10 bits per heavy atom. The van der Waals surface area contributed by atoms with Gasteiger partial charge in [-0.2, -0.15) is 13.2 Å². The Morgan fingerprint density at radius 2 is 1.90 bits per heavy atom. The lowest BCUT2D eigenvalue weighted by molar-refractivity contribution is -0.138. The highest BCUT2D eigenvalue weighted by Gasteiger charge is 2.34. The average molecular weight is 363 g/mol. The maximum absolute atomic E-state index is 13.0. The van der Waals surface area contributed by atoms with E-state index >= 15 is 0 Å². The number of nitrogens with zero attached hydrogens (tertiary/aromatic N) is 2. The number of fused-ring (bicyclic) bond motifs is 1. The van der Waals surface area contributed by atoms with Crippen molar-refractivity contribution in [2.75, 3.05) is 31.1 Å². The van der Waals surface area contributed by atoms with Gasteiger partial charge in [-0.1, -0.05) is 22.4 Å². The molecule has 0 amide bonds. The summed E-state index contributed by atoms with van der Waals surface area (Å²) in [5.74, 6) is 0. The predicted molar refractivity (Wildman–Crippen MR) is 80.6 cm³/mol. The number of piperazine rings is 1. The zero-order chi connectivity index (χ0) is 15.0. The molecule has 1 aromatic carbocycles. The van der Waals surface area contributed by atoms with Gasteiger partial charge in [0.25, 0.3) is 0 Å². The van der Waals surface area contributed by atoms with Crippen molar-refractivity contribution in [3.05, 3.63) is 28.2 Å². The second kappa shape index (κ2) is 5.80. The number of anilines is 1. The van der Waals surface area contributed by atoms with Gasteiger partial charge in [-0.3, -0.25) is 4.90 Å². The number of benzene rings is 1. The van der Waals surface area contributed by atoms with Crippen molar-refractivity contribution in [1.82, 2.24) is 4.90 Å². The smallest absolute Gasteiger partial charge is 0.369 e. The van der Waals surface area contributed by atoms with Crippen LogP contribution in [0.25, 0.3) is 0 Å². The molecule has 0 aliphatic carbocycles. The maximum atomic E-state index is 13.0. The van der Waals surface area contributed by atoms with Crippen LogP contribution in [0, 0.1) is 0 Å². The predicted octanol–water partition coefficient (Wildman–Crippen LogP) is 4.14. The van der Waals surface area contributed by atoms with E-state index in [4.69, 9.17) is 0 Å². The first kappa shape index (κ1) is 15.2. The van der Waals surface area contributed by atoms with E-state index in [-0.39, 0.29) is 4.47 Å². The van der Waals surface area contributed by atoms with Gasteiger partial charge in [-0.05, 0) is 37.6 Å². The summed E-state index contributed by atoms with van der Waals surface area (Å²) in [6, 6.07) is 5.04. The quantitative estimate of drug-likeness (QED) is 0.740. The van der Waals surface area contributed by atoms with Crippen LogP contribution in [0.5, 0.6) is 0 Å². The van der Waals surface area contributed by atoms with E-state index in [1.165, 1.54) is 25.0 Å². The summed E-state index contributed by atoms with van der Waals surface area (Å²) >= 11 is 3.00. The van der Waals surface area contributed by atoms with Crippen LogP contribution in [0.1, 0.15) is 24.8 Å². The van der Waals surface area contributed by atoms with Gasteiger partial charge in [0.1, 0.15) is 0 Å². The monoisotopic (exact) mass is 362 g/mol. The Balaban J connectivity index is 1.81. The van der Waals surface area contributed by atoms with Crippen LogP contribution >= 0.6 is 15.9 Å². The fourth-order valence-electron chi connectivity index (χ4n) is 3.32. The van der Waals surface area contributed by atoms with Crippen LogP contribution in [-0.2, 0) is 6.18 Å². The molecule has 2 fully saturated rings. The van der Waals surface area contributed by atoms with Crippen LogP contribution in [-0.4, -0.2) is 37.1 Å². The molecule has 2 heterocycles. The van der Waals surface area contributed by atoms with Crippen molar-refractivity contribution < 1.29 is 13.2 Å². The van der Waals surface area contributed by atoms with Gasteiger partial charge in [0.15, 0.2) is 0 Å². The fourth-order valence-corrected chi connectivity index (χ4v) is 3.79. The Bertz CT molecular complexity index is 518. The first-order valence-corrected chi connectivity index (χ1v) is 8.10. The first-order chi connectivity index (χ1) is 9.95. The zero-order valence-corrected chi connectivity index (χ0v) is 13.3. The fraction of sp³-hybridized carbons (Fsp3) is 0.600. The van der Waals surface area contributed by atoms with E-state index in [1.54, 1.807) is 6.07 Å². The van der Waals surface area contributed by atoms with Crippen molar-refractivity contribution >= 4 is 21.6 Å². The Hall–Kier alpha value is -0.750. The van der Waals surface area contributed by atoms with E-state index in [0.717, 1.165) is 32.6 Å². The van der Waals surface area contributed by atoms with Gasteiger partial charge in [0.05, 0.1) is 5.56 Å². The lowest BCUT2D eigenvalue weighted by Gasteiger charge is -2.45. The highest BCUT2D eigenvalue weighted by atomic mass is 79.9. The molecule has 6 heteroatoms. The minimum atomic E-state index is -4.32. The Labute approximate surface area is 131 Å². The van der Waals surface area contributed by atoms with E-state index in [9.17, 15) is 13.2 Å². The minimum Gasteiger partial charge on any atom is -0.369 e. The third-order valence-corrected chi connectivity index (χ3v) is 5.15. The van der Waals surface area contributed by atoms with Gasteiger partial charge in [-0.25, -0.2) is 0 Å². The summed E-state index contributed by atoms with van der Waals surface area (Å²) in [5.41, 5.74) is 0.0850. The van der Waals surface area contributed by atoms with Crippen molar-refractivity contribution in [1.29, 1.82) is 0 Å². The molecule has 1 unspecified atom stereocenters. The molecule has 2 aliphatic heterocycles. The topological polar surface area (TPSA) is 6.48 Å². The van der Waals surface area contributed by atoms with Crippen molar-refractivity contribution in [2.24, 2.45) is 0 Å². The third-order valence-electron chi connectivity index (χ3n) is 4.46. The maximum Gasteiger partial charge on any atom is 0.417 e. The number of hydrogen-bond donors (Lipinski definition) is 0. The van der Waals surface area contributed by atoms with Crippen LogP contribution < -0.4 is 4.90 Å². The first-order valence-electron chi connectivity index (χ1n) is 7.31. The number of alkyl halides is 3.